The van der Waals surface area contributed by atoms with Gasteiger partial charge in [0.1, 0.15) is 0 Å². The predicted molar refractivity (Wildman–Crippen MR) is 51.7 cm³/mol. The molecule has 1 aromatic rings. The molecule has 0 fully saturated rings. The summed E-state index contributed by atoms with van der Waals surface area (Å²) >= 11 is 0. The fourth-order valence-corrected chi connectivity index (χ4v) is 1.40. The Morgan fingerprint density at radius 2 is 2.29 bits per heavy atom. The van der Waals surface area contributed by atoms with Crippen LogP contribution in [0.4, 0.5) is 5.69 Å². The van der Waals surface area contributed by atoms with Crippen LogP contribution in [0.2, 0.25) is 0 Å². The molecular weight excluding hydrogens is 178 g/mol. The number of carbonyl (C=O) groups excluding carboxylic acids is 2. The molecule has 0 saturated heterocycles. The molecule has 1 aromatic carbocycles. The highest BCUT2D eigenvalue weighted by Gasteiger charge is 2.16. The summed E-state index contributed by atoms with van der Waals surface area (Å²) in [7, 11) is 0. The van der Waals surface area contributed by atoms with Crippen molar-refractivity contribution in [2.24, 2.45) is 0 Å². The number of hydrogen-bond donors (Lipinski definition) is 1. The van der Waals surface area contributed by atoms with Crippen molar-refractivity contribution < 1.29 is 9.59 Å². The van der Waals surface area contributed by atoms with Crippen LogP contribution in [0.1, 0.15) is 11.1 Å². The Labute approximate surface area is 81.1 Å². The van der Waals surface area contributed by atoms with Gasteiger partial charge in [0, 0.05) is 11.3 Å². The molecule has 0 aliphatic carbocycles. The Hall–Kier alpha value is -2.08. The standard InChI is InChI=1S/C11H7NO2/c13-5-1-2-8-3-4-9-7-11(14)12-10(9)6-8/h3-6H,7H2,(H,12,14). The van der Waals surface area contributed by atoms with E-state index in [1.807, 2.05) is 6.07 Å². The molecule has 14 heavy (non-hydrogen) atoms. The topological polar surface area (TPSA) is 46.2 Å². The van der Waals surface area contributed by atoms with E-state index in [2.05, 4.69) is 17.2 Å². The number of carbonyl (C=O) groups is 2. The first-order chi connectivity index (χ1) is 6.79. The number of anilines is 1. The van der Waals surface area contributed by atoms with Gasteiger partial charge < -0.3 is 5.32 Å². The van der Waals surface area contributed by atoms with Crippen molar-refractivity contribution in [1.29, 1.82) is 0 Å². The number of amides is 1. The van der Waals surface area contributed by atoms with E-state index in [0.717, 1.165) is 16.8 Å². The van der Waals surface area contributed by atoms with E-state index < -0.39 is 0 Å². The van der Waals surface area contributed by atoms with E-state index in [0.29, 0.717) is 12.7 Å². The lowest BCUT2D eigenvalue weighted by atomic mass is 10.1. The molecule has 0 radical (unpaired) electrons. The molecule has 3 heteroatoms. The van der Waals surface area contributed by atoms with Gasteiger partial charge in [-0.2, -0.15) is 0 Å². The van der Waals surface area contributed by atoms with Gasteiger partial charge in [-0.3, -0.25) is 9.59 Å². The molecular formula is C11H7NO2. The van der Waals surface area contributed by atoms with E-state index in [1.165, 1.54) is 0 Å². The Balaban J connectivity index is 2.37. The second-order valence-electron chi connectivity index (χ2n) is 2.98. The number of rotatable bonds is 0. The third kappa shape index (κ3) is 1.50. The molecule has 0 aromatic heterocycles. The number of fused-ring (bicyclic) bond motifs is 1. The average Bonchev–Trinajstić information content (AvgIpc) is 2.54. The van der Waals surface area contributed by atoms with Crippen molar-refractivity contribution in [2.75, 3.05) is 5.32 Å². The normalized spacial score (nSPS) is 12.4. The molecule has 0 bridgehead atoms. The number of nitrogens with one attached hydrogen (secondary N) is 1. The number of aldehydes is 1. The molecule has 0 spiro atoms. The van der Waals surface area contributed by atoms with Crippen molar-refractivity contribution >= 4 is 17.9 Å². The van der Waals surface area contributed by atoms with Gasteiger partial charge in [0.05, 0.1) is 6.42 Å². The summed E-state index contributed by atoms with van der Waals surface area (Å²) in [6, 6.07) is 5.42. The molecule has 0 atom stereocenters. The van der Waals surface area contributed by atoms with Crippen LogP contribution in [-0.2, 0) is 16.0 Å². The zero-order valence-electron chi connectivity index (χ0n) is 7.33. The van der Waals surface area contributed by atoms with Gasteiger partial charge in [-0.05, 0) is 23.6 Å². The fraction of sp³-hybridized carbons (Fsp3) is 0.0909. The summed E-state index contributed by atoms with van der Waals surface area (Å²) in [5.41, 5.74) is 2.51. The van der Waals surface area contributed by atoms with Crippen molar-refractivity contribution in [3.8, 4) is 11.8 Å². The quantitative estimate of drug-likeness (QED) is 0.478. The molecule has 0 unspecified atom stereocenters. The van der Waals surface area contributed by atoms with Gasteiger partial charge in [-0.15, -0.1) is 0 Å². The van der Waals surface area contributed by atoms with Gasteiger partial charge in [0.2, 0.25) is 5.91 Å². The lowest BCUT2D eigenvalue weighted by Gasteiger charge is -1.97. The third-order valence-electron chi connectivity index (χ3n) is 2.01. The largest absolute Gasteiger partial charge is 0.325 e. The summed E-state index contributed by atoms with van der Waals surface area (Å²) in [6.07, 6.45) is 0.975. The highest BCUT2D eigenvalue weighted by atomic mass is 16.1. The van der Waals surface area contributed by atoms with E-state index >= 15 is 0 Å². The Kier molecular flexibility index (Phi) is 2.04. The van der Waals surface area contributed by atoms with Crippen molar-refractivity contribution in [1.82, 2.24) is 0 Å². The van der Waals surface area contributed by atoms with Crippen LogP contribution in [0.25, 0.3) is 0 Å². The molecule has 3 nitrogen and oxygen atoms in total. The molecule has 1 N–H and O–H groups in total. The summed E-state index contributed by atoms with van der Waals surface area (Å²) < 4.78 is 0. The van der Waals surface area contributed by atoms with Crippen molar-refractivity contribution in [3.63, 3.8) is 0 Å². The third-order valence-corrected chi connectivity index (χ3v) is 2.01. The first kappa shape index (κ1) is 8.52. The zero-order valence-corrected chi connectivity index (χ0v) is 7.33. The van der Waals surface area contributed by atoms with Gasteiger partial charge in [0.15, 0.2) is 6.29 Å². The van der Waals surface area contributed by atoms with Crippen LogP contribution in [0.5, 0.6) is 0 Å². The maximum Gasteiger partial charge on any atom is 0.228 e. The molecule has 1 aliphatic rings. The SMILES string of the molecule is O=CC#Cc1ccc2c(c1)NC(=O)C2. The zero-order chi connectivity index (χ0) is 9.97. The minimum atomic E-state index is 0.000460. The van der Waals surface area contributed by atoms with E-state index in [1.54, 1.807) is 12.1 Å². The second-order valence-corrected chi connectivity index (χ2v) is 2.98. The summed E-state index contributed by atoms with van der Waals surface area (Å²) in [6.45, 7) is 0. The van der Waals surface area contributed by atoms with Crippen LogP contribution in [0, 0.1) is 11.8 Å². The fourth-order valence-electron chi connectivity index (χ4n) is 1.40. The van der Waals surface area contributed by atoms with Crippen molar-refractivity contribution in [3.05, 3.63) is 29.3 Å². The Bertz CT molecular complexity index is 466. The maximum atomic E-state index is 11.0. The van der Waals surface area contributed by atoms with Gasteiger partial charge in [-0.1, -0.05) is 12.0 Å². The molecule has 1 aliphatic heterocycles. The summed E-state index contributed by atoms with van der Waals surface area (Å²) in [5.74, 6) is 4.99. The van der Waals surface area contributed by atoms with Gasteiger partial charge in [0.25, 0.3) is 0 Å². The minimum absolute atomic E-state index is 0.000460. The second kappa shape index (κ2) is 3.35. The molecule has 2 rings (SSSR count). The first-order valence-corrected chi connectivity index (χ1v) is 4.17. The average molecular weight is 185 g/mol. The van der Waals surface area contributed by atoms with Crippen LogP contribution in [0.3, 0.4) is 0 Å². The molecule has 68 valence electrons. The highest BCUT2D eigenvalue weighted by molar-refractivity contribution is 5.99. The molecule has 0 saturated carbocycles. The minimum Gasteiger partial charge on any atom is -0.325 e. The Morgan fingerprint density at radius 1 is 1.43 bits per heavy atom. The van der Waals surface area contributed by atoms with Gasteiger partial charge in [-0.25, -0.2) is 0 Å². The number of benzene rings is 1. The van der Waals surface area contributed by atoms with Crippen LogP contribution in [0.15, 0.2) is 18.2 Å². The molecule has 1 heterocycles. The predicted octanol–water partition coefficient (Wildman–Crippen LogP) is 0.732. The van der Waals surface area contributed by atoms with E-state index in [9.17, 15) is 9.59 Å². The van der Waals surface area contributed by atoms with Crippen molar-refractivity contribution in [2.45, 2.75) is 6.42 Å². The van der Waals surface area contributed by atoms with Gasteiger partial charge >= 0.3 is 0 Å². The van der Waals surface area contributed by atoms with Crippen LogP contribution < -0.4 is 5.32 Å². The Morgan fingerprint density at radius 3 is 3.07 bits per heavy atom. The monoisotopic (exact) mass is 185 g/mol. The molecule has 1 amide bonds. The summed E-state index contributed by atoms with van der Waals surface area (Å²) in [5, 5.41) is 2.72. The maximum absolute atomic E-state index is 11.0. The van der Waals surface area contributed by atoms with Crippen LogP contribution in [-0.4, -0.2) is 12.2 Å². The smallest absolute Gasteiger partial charge is 0.228 e. The summed E-state index contributed by atoms with van der Waals surface area (Å²) in [4.78, 5) is 21.0. The van der Waals surface area contributed by atoms with E-state index in [-0.39, 0.29) is 5.91 Å². The first-order valence-electron chi connectivity index (χ1n) is 4.17. The van der Waals surface area contributed by atoms with Crippen LogP contribution >= 0.6 is 0 Å². The highest BCUT2D eigenvalue weighted by Crippen LogP contribution is 2.23. The lowest BCUT2D eigenvalue weighted by molar-refractivity contribution is -0.115. The lowest BCUT2D eigenvalue weighted by Crippen LogP contribution is -2.03. The number of hydrogen-bond acceptors (Lipinski definition) is 2. The van der Waals surface area contributed by atoms with E-state index in [4.69, 9.17) is 0 Å².